The van der Waals surface area contributed by atoms with E-state index in [-0.39, 0.29) is 0 Å². The van der Waals surface area contributed by atoms with Gasteiger partial charge in [-0.2, -0.15) is 0 Å². The molecule has 0 radical (unpaired) electrons. The largest absolute Gasteiger partial charge is 0.399 e. The summed E-state index contributed by atoms with van der Waals surface area (Å²) in [5.41, 5.74) is 9.07. The fourth-order valence-corrected chi connectivity index (χ4v) is 2.94. The van der Waals surface area contributed by atoms with Gasteiger partial charge in [-0.1, -0.05) is 36.4 Å². The number of benzene rings is 2. The Balaban J connectivity index is 1.47. The highest BCUT2D eigenvalue weighted by molar-refractivity contribution is 5.81. The summed E-state index contributed by atoms with van der Waals surface area (Å²) in [7, 11) is 0. The molecule has 2 aromatic carbocycles. The number of ketones is 1. The van der Waals surface area contributed by atoms with Crippen LogP contribution in [-0.4, -0.2) is 10.4 Å². The second-order valence-corrected chi connectivity index (χ2v) is 5.91. The van der Waals surface area contributed by atoms with Crippen molar-refractivity contribution in [3.05, 3.63) is 66.4 Å². The SMILES string of the molecule is Nc1ccccc1CCCC(=O)CCn1ccc2ccccc21. The molecule has 0 amide bonds. The fraction of sp³-hybridized carbons (Fsp3) is 0.250. The van der Waals surface area contributed by atoms with Crippen molar-refractivity contribution >= 4 is 22.4 Å². The van der Waals surface area contributed by atoms with Crippen LogP contribution >= 0.6 is 0 Å². The molecule has 3 aromatic rings. The molecule has 0 fully saturated rings. The average molecular weight is 306 g/mol. The van der Waals surface area contributed by atoms with Crippen LogP contribution in [0.15, 0.2) is 60.8 Å². The molecule has 0 saturated heterocycles. The van der Waals surface area contributed by atoms with Crippen LogP contribution in [0.4, 0.5) is 5.69 Å². The molecular formula is C20H22N2O. The van der Waals surface area contributed by atoms with Gasteiger partial charge in [-0.15, -0.1) is 0 Å². The van der Waals surface area contributed by atoms with Crippen molar-refractivity contribution < 1.29 is 4.79 Å². The number of hydrogen-bond acceptors (Lipinski definition) is 2. The third kappa shape index (κ3) is 3.81. The lowest BCUT2D eigenvalue weighted by Crippen LogP contribution is -2.05. The van der Waals surface area contributed by atoms with E-state index in [0.717, 1.165) is 30.6 Å². The molecule has 2 N–H and O–H groups in total. The number of Topliss-reactive ketones (excluding diaryl/α,β-unsaturated/α-hetero) is 1. The Morgan fingerprint density at radius 1 is 0.957 bits per heavy atom. The molecule has 3 nitrogen and oxygen atoms in total. The molecule has 1 aromatic heterocycles. The van der Waals surface area contributed by atoms with E-state index in [1.54, 1.807) is 0 Å². The van der Waals surface area contributed by atoms with Gasteiger partial charge in [0.05, 0.1) is 0 Å². The minimum Gasteiger partial charge on any atom is -0.399 e. The molecular weight excluding hydrogens is 284 g/mol. The maximum atomic E-state index is 12.1. The summed E-state index contributed by atoms with van der Waals surface area (Å²) in [6.07, 6.45) is 4.99. The highest BCUT2D eigenvalue weighted by Crippen LogP contribution is 2.16. The standard InChI is InChI=1S/C20H22N2O/c21-19-10-3-1-6-16(19)8-5-9-18(23)13-15-22-14-12-17-7-2-4-11-20(17)22/h1-4,6-7,10-12,14H,5,8-9,13,15,21H2. The van der Waals surface area contributed by atoms with Crippen molar-refractivity contribution in [3.63, 3.8) is 0 Å². The van der Waals surface area contributed by atoms with E-state index in [0.29, 0.717) is 18.6 Å². The summed E-state index contributed by atoms with van der Waals surface area (Å²) >= 11 is 0. The number of nitrogens with two attached hydrogens (primary N) is 1. The molecule has 0 aliphatic heterocycles. The molecule has 23 heavy (non-hydrogen) atoms. The predicted molar refractivity (Wildman–Crippen MR) is 95.4 cm³/mol. The Kier molecular flexibility index (Phi) is 4.77. The minimum absolute atomic E-state index is 0.317. The molecule has 0 atom stereocenters. The predicted octanol–water partition coefficient (Wildman–Crippen LogP) is 4.21. The van der Waals surface area contributed by atoms with Gasteiger partial charge in [0.2, 0.25) is 0 Å². The van der Waals surface area contributed by atoms with Crippen molar-refractivity contribution in [2.24, 2.45) is 0 Å². The topological polar surface area (TPSA) is 48.0 Å². The van der Waals surface area contributed by atoms with E-state index in [4.69, 9.17) is 5.73 Å². The van der Waals surface area contributed by atoms with Crippen molar-refractivity contribution in [2.45, 2.75) is 32.2 Å². The number of fused-ring (bicyclic) bond motifs is 1. The maximum absolute atomic E-state index is 12.1. The van der Waals surface area contributed by atoms with Gasteiger partial charge in [0.1, 0.15) is 5.78 Å². The minimum atomic E-state index is 0.317. The fourth-order valence-electron chi connectivity index (χ4n) is 2.94. The first-order chi connectivity index (χ1) is 11.2. The van der Waals surface area contributed by atoms with E-state index < -0.39 is 0 Å². The van der Waals surface area contributed by atoms with Gasteiger partial charge in [-0.05, 0) is 42.0 Å². The number of para-hydroxylation sites is 2. The zero-order valence-electron chi connectivity index (χ0n) is 13.2. The third-order valence-corrected chi connectivity index (χ3v) is 4.27. The van der Waals surface area contributed by atoms with Crippen LogP contribution in [0.3, 0.4) is 0 Å². The highest BCUT2D eigenvalue weighted by Gasteiger charge is 2.06. The lowest BCUT2D eigenvalue weighted by atomic mass is 10.0. The van der Waals surface area contributed by atoms with Crippen LogP contribution in [0.5, 0.6) is 0 Å². The van der Waals surface area contributed by atoms with Gasteiger partial charge < -0.3 is 10.3 Å². The molecule has 0 aliphatic carbocycles. The Bertz CT molecular complexity index is 804. The van der Waals surface area contributed by atoms with Gasteiger partial charge in [-0.25, -0.2) is 0 Å². The van der Waals surface area contributed by atoms with Crippen molar-refractivity contribution in [1.29, 1.82) is 0 Å². The van der Waals surface area contributed by atoms with Crippen LogP contribution in [0.1, 0.15) is 24.8 Å². The number of carbonyl (C=O) groups is 1. The second-order valence-electron chi connectivity index (χ2n) is 5.91. The Hall–Kier alpha value is -2.55. The monoisotopic (exact) mass is 306 g/mol. The molecule has 1 heterocycles. The molecule has 0 aliphatic rings. The van der Waals surface area contributed by atoms with Gasteiger partial charge >= 0.3 is 0 Å². The zero-order chi connectivity index (χ0) is 16.1. The number of aromatic nitrogens is 1. The summed E-state index contributed by atoms with van der Waals surface area (Å²) in [5.74, 6) is 0.317. The summed E-state index contributed by atoms with van der Waals surface area (Å²) < 4.78 is 2.16. The van der Waals surface area contributed by atoms with Crippen LogP contribution in [-0.2, 0) is 17.8 Å². The molecule has 0 spiro atoms. The quantitative estimate of drug-likeness (QED) is 0.665. The van der Waals surface area contributed by atoms with E-state index in [2.05, 4.69) is 29.0 Å². The van der Waals surface area contributed by atoms with Gasteiger partial charge in [0.25, 0.3) is 0 Å². The number of carbonyl (C=O) groups excluding carboxylic acids is 1. The van der Waals surface area contributed by atoms with Crippen LogP contribution in [0.25, 0.3) is 10.9 Å². The van der Waals surface area contributed by atoms with Crippen LogP contribution in [0, 0.1) is 0 Å². The van der Waals surface area contributed by atoms with Crippen LogP contribution in [0.2, 0.25) is 0 Å². The van der Waals surface area contributed by atoms with Gasteiger partial charge in [0, 0.05) is 36.8 Å². The molecule has 0 saturated carbocycles. The number of anilines is 1. The first-order valence-corrected chi connectivity index (χ1v) is 8.13. The van der Waals surface area contributed by atoms with Crippen molar-refractivity contribution in [2.75, 3.05) is 5.73 Å². The Morgan fingerprint density at radius 2 is 1.74 bits per heavy atom. The van der Waals surface area contributed by atoms with E-state index in [1.165, 1.54) is 10.9 Å². The lowest BCUT2D eigenvalue weighted by molar-refractivity contribution is -0.119. The molecule has 0 bridgehead atoms. The smallest absolute Gasteiger partial charge is 0.134 e. The molecule has 3 heteroatoms. The van der Waals surface area contributed by atoms with Crippen LogP contribution < -0.4 is 5.73 Å². The van der Waals surface area contributed by atoms with Crippen molar-refractivity contribution in [3.8, 4) is 0 Å². The number of hydrogen-bond donors (Lipinski definition) is 1. The maximum Gasteiger partial charge on any atom is 0.134 e. The Morgan fingerprint density at radius 3 is 2.61 bits per heavy atom. The highest BCUT2D eigenvalue weighted by atomic mass is 16.1. The summed E-state index contributed by atoms with van der Waals surface area (Å²) in [6, 6.07) is 18.2. The van der Waals surface area contributed by atoms with E-state index >= 15 is 0 Å². The summed E-state index contributed by atoms with van der Waals surface area (Å²) in [5, 5.41) is 1.22. The number of nitrogens with zero attached hydrogens (tertiary/aromatic N) is 1. The first kappa shape index (κ1) is 15.3. The average Bonchev–Trinajstić information content (AvgIpc) is 2.98. The Labute approximate surface area is 136 Å². The van der Waals surface area contributed by atoms with E-state index in [9.17, 15) is 4.79 Å². The van der Waals surface area contributed by atoms with Crippen molar-refractivity contribution in [1.82, 2.24) is 4.57 Å². The third-order valence-electron chi connectivity index (χ3n) is 4.27. The zero-order valence-corrected chi connectivity index (χ0v) is 13.2. The number of aryl methyl sites for hydroxylation is 2. The first-order valence-electron chi connectivity index (χ1n) is 8.13. The summed E-state index contributed by atoms with van der Waals surface area (Å²) in [4.78, 5) is 12.1. The molecule has 3 rings (SSSR count). The molecule has 0 unspecified atom stereocenters. The lowest BCUT2D eigenvalue weighted by Gasteiger charge is -2.06. The second kappa shape index (κ2) is 7.14. The normalized spacial score (nSPS) is 11.0. The molecule has 118 valence electrons. The number of rotatable bonds is 7. The number of nitrogen functional groups attached to an aromatic ring is 1. The summed E-state index contributed by atoms with van der Waals surface area (Å²) in [6.45, 7) is 0.750. The van der Waals surface area contributed by atoms with Gasteiger partial charge in [-0.3, -0.25) is 4.79 Å². The van der Waals surface area contributed by atoms with Gasteiger partial charge in [0.15, 0.2) is 0 Å². The van der Waals surface area contributed by atoms with E-state index in [1.807, 2.05) is 36.4 Å².